The Kier molecular flexibility index (Phi) is 7.20. The highest BCUT2D eigenvalue weighted by Crippen LogP contribution is 2.26. The van der Waals surface area contributed by atoms with Gasteiger partial charge in [-0.2, -0.15) is 0 Å². The Morgan fingerprint density at radius 1 is 1.23 bits per heavy atom. The van der Waals surface area contributed by atoms with Crippen LogP contribution in [-0.2, 0) is 20.8 Å². The predicted molar refractivity (Wildman–Crippen MR) is 120 cm³/mol. The lowest BCUT2D eigenvalue weighted by atomic mass is 9.87. The van der Waals surface area contributed by atoms with Crippen molar-refractivity contribution in [1.29, 1.82) is 0 Å². The van der Waals surface area contributed by atoms with Crippen LogP contribution in [0.25, 0.3) is 0 Å². The third kappa shape index (κ3) is 6.43. The second-order valence-electron chi connectivity index (χ2n) is 9.87. The Hall–Kier alpha value is -2.61. The third-order valence-corrected chi connectivity index (χ3v) is 5.80. The number of rotatable bonds is 7. The van der Waals surface area contributed by atoms with Crippen molar-refractivity contribution in [2.75, 3.05) is 11.9 Å². The van der Waals surface area contributed by atoms with Crippen molar-refractivity contribution in [3.05, 3.63) is 29.8 Å². The molecule has 0 bridgehead atoms. The molecule has 2 heterocycles. The second-order valence-corrected chi connectivity index (χ2v) is 9.87. The van der Waals surface area contributed by atoms with Gasteiger partial charge in [0.05, 0.1) is 6.17 Å². The average Bonchev–Trinajstić information content (AvgIpc) is 3.12. The number of nitrogens with two attached hydrogens (primary N) is 1. The minimum Gasteiger partial charge on any atom is -0.373 e. The van der Waals surface area contributed by atoms with Gasteiger partial charge in [-0.3, -0.25) is 14.4 Å². The van der Waals surface area contributed by atoms with Crippen LogP contribution in [0, 0.1) is 11.3 Å². The molecule has 170 valence electrons. The SMILES string of the molecule is CC(C)(C)C[C@H](NC(=O)[C@H]1Cc2ccccc2N1)C(=O)N[C@H](N)C[C@@H]1CCCNC1=O. The van der Waals surface area contributed by atoms with E-state index in [0.717, 1.165) is 24.1 Å². The number of benzene rings is 1. The summed E-state index contributed by atoms with van der Waals surface area (Å²) >= 11 is 0. The molecule has 0 spiro atoms. The number of para-hydroxylation sites is 1. The third-order valence-electron chi connectivity index (χ3n) is 5.80. The monoisotopic (exact) mass is 429 g/mol. The molecule has 0 saturated carbocycles. The van der Waals surface area contributed by atoms with Crippen LogP contribution in [0.5, 0.6) is 0 Å². The molecule has 1 fully saturated rings. The fourth-order valence-electron chi connectivity index (χ4n) is 4.26. The van der Waals surface area contributed by atoms with Gasteiger partial charge < -0.3 is 27.0 Å². The molecule has 0 radical (unpaired) electrons. The van der Waals surface area contributed by atoms with Gasteiger partial charge in [0, 0.05) is 24.6 Å². The Morgan fingerprint density at radius 3 is 2.65 bits per heavy atom. The van der Waals surface area contributed by atoms with E-state index >= 15 is 0 Å². The number of carbonyl (C=O) groups is 3. The largest absolute Gasteiger partial charge is 0.373 e. The fraction of sp³-hybridized carbons (Fsp3) is 0.609. The molecule has 6 N–H and O–H groups in total. The first-order valence-corrected chi connectivity index (χ1v) is 11.1. The van der Waals surface area contributed by atoms with Crippen LogP contribution in [0.15, 0.2) is 24.3 Å². The molecule has 0 unspecified atom stereocenters. The minimum atomic E-state index is -0.704. The summed E-state index contributed by atoms with van der Waals surface area (Å²) in [5.74, 6) is -0.730. The first-order valence-electron chi connectivity index (χ1n) is 11.1. The van der Waals surface area contributed by atoms with E-state index < -0.39 is 18.2 Å². The number of nitrogens with one attached hydrogen (secondary N) is 4. The van der Waals surface area contributed by atoms with E-state index in [2.05, 4.69) is 21.3 Å². The van der Waals surface area contributed by atoms with Crippen molar-refractivity contribution >= 4 is 23.4 Å². The molecule has 8 nitrogen and oxygen atoms in total. The van der Waals surface area contributed by atoms with Gasteiger partial charge in [-0.15, -0.1) is 0 Å². The Balaban J connectivity index is 1.59. The van der Waals surface area contributed by atoms with Gasteiger partial charge in [-0.1, -0.05) is 39.0 Å². The first-order chi connectivity index (χ1) is 14.6. The zero-order valence-corrected chi connectivity index (χ0v) is 18.7. The molecule has 1 aromatic rings. The van der Waals surface area contributed by atoms with Crippen LogP contribution in [0.1, 0.15) is 52.0 Å². The molecule has 1 saturated heterocycles. The summed E-state index contributed by atoms with van der Waals surface area (Å²) in [6.45, 7) is 6.76. The molecule has 2 aliphatic rings. The zero-order chi connectivity index (χ0) is 22.6. The fourth-order valence-corrected chi connectivity index (χ4v) is 4.26. The standard InChI is InChI=1S/C23H35N5O3/c1-23(2,3)13-18(22(31)28-19(24)12-15-8-6-10-25-20(15)29)27-21(30)17-11-14-7-4-5-9-16(14)26-17/h4-5,7,9,15,17-19,26H,6,8,10-13,24H2,1-3H3,(H,25,29)(H,27,30)(H,28,31)/t15-,17+,18-,19-/m0/s1. The van der Waals surface area contributed by atoms with E-state index in [1.54, 1.807) is 0 Å². The number of hydrogen-bond donors (Lipinski definition) is 5. The van der Waals surface area contributed by atoms with Crippen molar-refractivity contribution in [3.8, 4) is 0 Å². The van der Waals surface area contributed by atoms with Crippen molar-refractivity contribution in [1.82, 2.24) is 16.0 Å². The van der Waals surface area contributed by atoms with E-state index in [0.29, 0.717) is 25.8 Å². The lowest BCUT2D eigenvalue weighted by Crippen LogP contribution is -2.56. The summed E-state index contributed by atoms with van der Waals surface area (Å²) < 4.78 is 0. The van der Waals surface area contributed by atoms with Gasteiger partial charge in [0.25, 0.3) is 0 Å². The highest BCUT2D eigenvalue weighted by Gasteiger charge is 2.33. The molecule has 2 aliphatic heterocycles. The van der Waals surface area contributed by atoms with Crippen LogP contribution in [0.4, 0.5) is 5.69 Å². The maximum Gasteiger partial charge on any atom is 0.243 e. The number of carbonyl (C=O) groups excluding carboxylic acids is 3. The number of anilines is 1. The highest BCUT2D eigenvalue weighted by molar-refractivity contribution is 5.92. The zero-order valence-electron chi connectivity index (χ0n) is 18.7. The molecule has 0 aliphatic carbocycles. The van der Waals surface area contributed by atoms with Gasteiger partial charge in [-0.05, 0) is 42.7 Å². The van der Waals surface area contributed by atoms with Crippen molar-refractivity contribution in [2.24, 2.45) is 17.1 Å². The van der Waals surface area contributed by atoms with Gasteiger partial charge in [0.2, 0.25) is 17.7 Å². The maximum atomic E-state index is 13.0. The van der Waals surface area contributed by atoms with Gasteiger partial charge >= 0.3 is 0 Å². The van der Waals surface area contributed by atoms with Crippen LogP contribution in [0.2, 0.25) is 0 Å². The molecule has 0 aromatic heterocycles. The van der Waals surface area contributed by atoms with E-state index in [1.165, 1.54) is 0 Å². The van der Waals surface area contributed by atoms with Crippen LogP contribution in [-0.4, -0.2) is 42.5 Å². The average molecular weight is 430 g/mol. The van der Waals surface area contributed by atoms with E-state index in [-0.39, 0.29) is 29.1 Å². The molecule has 3 amide bonds. The van der Waals surface area contributed by atoms with Gasteiger partial charge in [0.15, 0.2) is 0 Å². The summed E-state index contributed by atoms with van der Waals surface area (Å²) in [5, 5.41) is 11.8. The maximum absolute atomic E-state index is 13.0. The van der Waals surface area contributed by atoms with Gasteiger partial charge in [-0.25, -0.2) is 0 Å². The summed E-state index contributed by atoms with van der Waals surface area (Å²) in [6.07, 6.45) is 2.48. The Labute approximate surface area is 184 Å². The summed E-state index contributed by atoms with van der Waals surface area (Å²) in [7, 11) is 0. The van der Waals surface area contributed by atoms with E-state index in [1.807, 2.05) is 45.0 Å². The molecular weight excluding hydrogens is 394 g/mol. The predicted octanol–water partition coefficient (Wildman–Crippen LogP) is 1.26. The summed E-state index contributed by atoms with van der Waals surface area (Å²) in [5.41, 5.74) is 8.01. The summed E-state index contributed by atoms with van der Waals surface area (Å²) in [4.78, 5) is 37.9. The normalized spacial score (nSPS) is 22.5. The molecule has 1 aromatic carbocycles. The van der Waals surface area contributed by atoms with E-state index in [4.69, 9.17) is 5.73 Å². The van der Waals surface area contributed by atoms with Crippen LogP contribution >= 0.6 is 0 Å². The lowest BCUT2D eigenvalue weighted by Gasteiger charge is -2.29. The molecule has 31 heavy (non-hydrogen) atoms. The van der Waals surface area contributed by atoms with Crippen molar-refractivity contribution in [2.45, 2.75) is 71.1 Å². The number of fused-ring (bicyclic) bond motifs is 1. The number of amides is 3. The molecule has 8 heteroatoms. The topological polar surface area (TPSA) is 125 Å². The molecular formula is C23H35N5O3. The smallest absolute Gasteiger partial charge is 0.243 e. The first kappa shape index (κ1) is 23.1. The van der Waals surface area contributed by atoms with Crippen molar-refractivity contribution < 1.29 is 14.4 Å². The summed E-state index contributed by atoms with van der Waals surface area (Å²) in [6, 6.07) is 6.70. The van der Waals surface area contributed by atoms with Gasteiger partial charge in [0.1, 0.15) is 12.1 Å². The van der Waals surface area contributed by atoms with Crippen molar-refractivity contribution in [3.63, 3.8) is 0 Å². The molecule has 3 rings (SSSR count). The number of piperidine rings is 1. The quantitative estimate of drug-likeness (QED) is 0.417. The lowest BCUT2D eigenvalue weighted by molar-refractivity contribution is -0.131. The number of hydrogen-bond acceptors (Lipinski definition) is 5. The Bertz CT molecular complexity index is 795. The minimum absolute atomic E-state index is 0.0117. The van der Waals surface area contributed by atoms with Crippen LogP contribution in [0.3, 0.4) is 0 Å². The van der Waals surface area contributed by atoms with E-state index in [9.17, 15) is 14.4 Å². The highest BCUT2D eigenvalue weighted by atomic mass is 16.2. The Morgan fingerprint density at radius 2 is 1.97 bits per heavy atom. The molecule has 4 atom stereocenters. The van der Waals surface area contributed by atoms with Crippen LogP contribution < -0.4 is 27.0 Å². The second kappa shape index (κ2) is 9.68.